The SMILES string of the molecule is CCc1ccc(C(=O)/C=C/c2ccc(OC)c(COc3ccc(Cl)cc3C)c2)s1. The minimum atomic E-state index is 0.0140. The summed E-state index contributed by atoms with van der Waals surface area (Å²) in [6.45, 7) is 4.40. The molecule has 0 aliphatic heterocycles. The zero-order valence-corrected chi connectivity index (χ0v) is 18.3. The van der Waals surface area contributed by atoms with Gasteiger partial charge in [0.15, 0.2) is 5.78 Å². The highest BCUT2D eigenvalue weighted by Gasteiger charge is 2.08. The average Bonchev–Trinajstić information content (AvgIpc) is 3.21. The summed E-state index contributed by atoms with van der Waals surface area (Å²) >= 11 is 7.55. The molecule has 29 heavy (non-hydrogen) atoms. The van der Waals surface area contributed by atoms with Crippen LogP contribution in [0, 0.1) is 6.92 Å². The van der Waals surface area contributed by atoms with Gasteiger partial charge in [0.05, 0.1) is 12.0 Å². The van der Waals surface area contributed by atoms with Crippen LogP contribution in [-0.4, -0.2) is 12.9 Å². The molecule has 2 aromatic carbocycles. The third kappa shape index (κ3) is 5.49. The number of rotatable bonds is 8. The number of ether oxygens (including phenoxy) is 2. The lowest BCUT2D eigenvalue weighted by Crippen LogP contribution is -2.00. The van der Waals surface area contributed by atoms with Crippen molar-refractivity contribution in [3.8, 4) is 11.5 Å². The first-order valence-corrected chi connectivity index (χ1v) is 10.6. The van der Waals surface area contributed by atoms with Crippen molar-refractivity contribution in [2.75, 3.05) is 7.11 Å². The minimum absolute atomic E-state index is 0.0140. The van der Waals surface area contributed by atoms with E-state index in [2.05, 4.69) is 6.92 Å². The summed E-state index contributed by atoms with van der Waals surface area (Å²) in [5.74, 6) is 1.53. The van der Waals surface area contributed by atoms with Crippen LogP contribution in [0.25, 0.3) is 6.08 Å². The number of thiophene rings is 1. The molecule has 0 saturated heterocycles. The molecule has 0 aliphatic rings. The maximum atomic E-state index is 12.4. The Kier molecular flexibility index (Phi) is 7.13. The fraction of sp³-hybridized carbons (Fsp3) is 0.208. The molecule has 0 unspecified atom stereocenters. The summed E-state index contributed by atoms with van der Waals surface area (Å²) in [4.78, 5) is 14.4. The van der Waals surface area contributed by atoms with Crippen molar-refractivity contribution >= 4 is 34.8 Å². The third-order valence-corrected chi connectivity index (χ3v) is 5.98. The zero-order chi connectivity index (χ0) is 20.8. The zero-order valence-electron chi connectivity index (χ0n) is 16.7. The van der Waals surface area contributed by atoms with Crippen LogP contribution >= 0.6 is 22.9 Å². The fourth-order valence-electron chi connectivity index (χ4n) is 2.90. The molecule has 0 spiro atoms. The molecule has 0 aliphatic carbocycles. The van der Waals surface area contributed by atoms with Crippen LogP contribution in [0.2, 0.25) is 5.02 Å². The number of hydrogen-bond donors (Lipinski definition) is 0. The minimum Gasteiger partial charge on any atom is -0.496 e. The van der Waals surface area contributed by atoms with Gasteiger partial charge in [-0.1, -0.05) is 30.7 Å². The Bertz CT molecular complexity index is 1040. The smallest absolute Gasteiger partial charge is 0.195 e. The van der Waals surface area contributed by atoms with Crippen molar-refractivity contribution in [1.29, 1.82) is 0 Å². The monoisotopic (exact) mass is 426 g/mol. The highest BCUT2D eigenvalue weighted by Crippen LogP contribution is 2.26. The number of carbonyl (C=O) groups excluding carboxylic acids is 1. The van der Waals surface area contributed by atoms with Gasteiger partial charge in [0.25, 0.3) is 0 Å². The van der Waals surface area contributed by atoms with Gasteiger partial charge in [-0.15, -0.1) is 11.3 Å². The van der Waals surface area contributed by atoms with E-state index in [-0.39, 0.29) is 5.78 Å². The maximum absolute atomic E-state index is 12.4. The van der Waals surface area contributed by atoms with Gasteiger partial charge in [-0.3, -0.25) is 4.79 Å². The summed E-state index contributed by atoms with van der Waals surface area (Å²) in [5, 5.41) is 0.682. The first-order chi connectivity index (χ1) is 14.0. The van der Waals surface area contributed by atoms with Crippen LogP contribution in [-0.2, 0) is 13.0 Å². The second-order valence-electron chi connectivity index (χ2n) is 6.59. The van der Waals surface area contributed by atoms with E-state index >= 15 is 0 Å². The van der Waals surface area contributed by atoms with Gasteiger partial charge in [0.2, 0.25) is 0 Å². The molecule has 1 aromatic heterocycles. The van der Waals surface area contributed by atoms with E-state index in [1.54, 1.807) is 30.6 Å². The molecule has 150 valence electrons. The van der Waals surface area contributed by atoms with Gasteiger partial charge < -0.3 is 9.47 Å². The van der Waals surface area contributed by atoms with Gasteiger partial charge in [-0.25, -0.2) is 0 Å². The molecule has 3 nitrogen and oxygen atoms in total. The summed E-state index contributed by atoms with van der Waals surface area (Å²) in [6, 6.07) is 15.2. The van der Waals surface area contributed by atoms with Gasteiger partial charge >= 0.3 is 0 Å². The van der Waals surface area contributed by atoms with Crippen molar-refractivity contribution in [3.63, 3.8) is 0 Å². The van der Waals surface area contributed by atoms with E-state index in [0.29, 0.717) is 11.6 Å². The van der Waals surface area contributed by atoms with E-state index < -0.39 is 0 Å². The number of ketones is 1. The van der Waals surface area contributed by atoms with Crippen molar-refractivity contribution in [3.05, 3.63) is 86.1 Å². The molecule has 1 heterocycles. The summed E-state index contributed by atoms with van der Waals surface area (Å²) in [6.07, 6.45) is 4.38. The largest absolute Gasteiger partial charge is 0.496 e. The molecule has 0 fully saturated rings. The van der Waals surface area contributed by atoms with E-state index in [1.165, 1.54) is 4.88 Å². The summed E-state index contributed by atoms with van der Waals surface area (Å²) in [5.41, 5.74) is 2.79. The second kappa shape index (κ2) is 9.77. The lowest BCUT2D eigenvalue weighted by atomic mass is 10.1. The first-order valence-electron chi connectivity index (χ1n) is 9.37. The molecule has 0 saturated carbocycles. The predicted octanol–water partition coefficient (Wildman–Crippen LogP) is 6.76. The first kappa shape index (κ1) is 21.2. The second-order valence-corrected chi connectivity index (χ2v) is 8.19. The number of carbonyl (C=O) groups is 1. The van der Waals surface area contributed by atoms with Crippen molar-refractivity contribution in [2.45, 2.75) is 26.9 Å². The Labute approximate surface area is 180 Å². The number of methoxy groups -OCH3 is 1. The Hall–Kier alpha value is -2.56. The Morgan fingerprint density at radius 1 is 1.10 bits per heavy atom. The normalized spacial score (nSPS) is 11.0. The summed E-state index contributed by atoms with van der Waals surface area (Å²) in [7, 11) is 1.63. The van der Waals surface area contributed by atoms with Gasteiger partial charge in [0, 0.05) is 15.5 Å². The van der Waals surface area contributed by atoms with Crippen LogP contribution in [0.15, 0.2) is 54.6 Å². The topological polar surface area (TPSA) is 35.5 Å². The van der Waals surface area contributed by atoms with Crippen LogP contribution in [0.4, 0.5) is 0 Å². The molecule has 0 N–H and O–H groups in total. The molecule has 0 atom stereocenters. The Morgan fingerprint density at radius 3 is 2.59 bits per heavy atom. The van der Waals surface area contributed by atoms with Crippen LogP contribution < -0.4 is 9.47 Å². The number of hydrogen-bond acceptors (Lipinski definition) is 4. The number of benzene rings is 2. The molecule has 0 radical (unpaired) electrons. The lowest BCUT2D eigenvalue weighted by molar-refractivity contribution is 0.105. The van der Waals surface area contributed by atoms with Crippen molar-refractivity contribution < 1.29 is 14.3 Å². The van der Waals surface area contributed by atoms with Crippen LogP contribution in [0.1, 0.15) is 38.2 Å². The molecule has 5 heteroatoms. The molecule has 0 amide bonds. The fourth-order valence-corrected chi connectivity index (χ4v) is 3.99. The maximum Gasteiger partial charge on any atom is 0.195 e. The van der Waals surface area contributed by atoms with E-state index in [4.69, 9.17) is 21.1 Å². The predicted molar refractivity (Wildman–Crippen MR) is 121 cm³/mol. The number of allylic oxidation sites excluding steroid dienone is 1. The van der Waals surface area contributed by atoms with E-state index in [9.17, 15) is 4.79 Å². The Morgan fingerprint density at radius 2 is 1.90 bits per heavy atom. The van der Waals surface area contributed by atoms with Crippen LogP contribution in [0.3, 0.4) is 0 Å². The molecule has 3 aromatic rings. The number of halogens is 1. The van der Waals surface area contributed by atoms with Crippen molar-refractivity contribution in [2.24, 2.45) is 0 Å². The van der Waals surface area contributed by atoms with Gasteiger partial charge in [-0.2, -0.15) is 0 Å². The van der Waals surface area contributed by atoms with Gasteiger partial charge in [0.1, 0.15) is 18.1 Å². The van der Waals surface area contributed by atoms with Crippen molar-refractivity contribution in [1.82, 2.24) is 0 Å². The molecular weight excluding hydrogens is 404 g/mol. The summed E-state index contributed by atoms with van der Waals surface area (Å²) < 4.78 is 11.4. The number of aryl methyl sites for hydroxylation is 2. The molecule has 0 bridgehead atoms. The highest BCUT2D eigenvalue weighted by atomic mass is 35.5. The average molecular weight is 427 g/mol. The molecular formula is C24H23ClO3S. The highest BCUT2D eigenvalue weighted by molar-refractivity contribution is 7.14. The standard InChI is InChI=1S/C24H23ClO3S/c1-4-20-8-12-24(29-20)21(26)9-5-17-6-10-23(27-3)18(14-17)15-28-22-11-7-19(25)13-16(22)2/h5-14H,4,15H2,1-3H3/b9-5+. The van der Waals surface area contributed by atoms with Gasteiger partial charge in [-0.05, 0) is 73.0 Å². The van der Waals surface area contributed by atoms with E-state index in [0.717, 1.165) is 39.5 Å². The quantitative estimate of drug-likeness (QED) is 0.295. The third-order valence-electron chi connectivity index (χ3n) is 4.50. The van der Waals surface area contributed by atoms with E-state index in [1.807, 2.05) is 55.5 Å². The lowest BCUT2D eigenvalue weighted by Gasteiger charge is -2.13. The van der Waals surface area contributed by atoms with Crippen LogP contribution in [0.5, 0.6) is 11.5 Å². The Balaban J connectivity index is 1.74. The molecule has 3 rings (SSSR count).